The highest BCUT2D eigenvalue weighted by atomic mass is 35.5. The summed E-state index contributed by atoms with van der Waals surface area (Å²) in [7, 11) is 0. The number of aromatic amines is 1. The van der Waals surface area contributed by atoms with Crippen LogP contribution in [0.1, 0.15) is 57.8 Å². The van der Waals surface area contributed by atoms with Crippen LogP contribution in [0.25, 0.3) is 11.4 Å². The number of allylic oxidation sites excluding steroid dienone is 4. The van der Waals surface area contributed by atoms with E-state index in [0.29, 0.717) is 29.1 Å². The number of hydrogen-bond acceptors (Lipinski definition) is 4. The van der Waals surface area contributed by atoms with E-state index in [0.717, 1.165) is 11.1 Å². The van der Waals surface area contributed by atoms with Crippen molar-refractivity contribution in [3.8, 4) is 11.4 Å². The molecule has 1 aromatic carbocycles. The monoisotopic (exact) mass is 502 g/mol. The van der Waals surface area contributed by atoms with Crippen molar-refractivity contribution in [3.63, 3.8) is 0 Å². The van der Waals surface area contributed by atoms with Crippen LogP contribution in [0.4, 0.5) is 8.78 Å². The molecule has 0 saturated carbocycles. The first-order chi connectivity index (χ1) is 16.4. The number of hydrogen-bond donors (Lipinski definition) is 2. The topological polar surface area (TPSA) is 70.7 Å². The quantitative estimate of drug-likeness (QED) is 0.439. The van der Waals surface area contributed by atoms with E-state index < -0.39 is 23.4 Å². The van der Waals surface area contributed by atoms with E-state index in [4.69, 9.17) is 16.6 Å². The Kier molecular flexibility index (Phi) is 8.31. The SMILES string of the molecule is C=C(NCC1C=CC=C(Cl)C(c2nc(-c3cccc(C(C)C)c3)nc(=O)[nH]2)C1C)C(C)(C)C(F)F. The minimum atomic E-state index is -2.54. The number of alkyl halides is 2. The number of benzene rings is 1. The third kappa shape index (κ3) is 6.07. The molecule has 0 spiro atoms. The Balaban J connectivity index is 1.91. The van der Waals surface area contributed by atoms with Crippen LogP contribution in [0, 0.1) is 17.3 Å². The Labute approximate surface area is 210 Å². The zero-order valence-corrected chi connectivity index (χ0v) is 21.5. The Morgan fingerprint density at radius 3 is 2.66 bits per heavy atom. The van der Waals surface area contributed by atoms with Crippen molar-refractivity contribution in [1.82, 2.24) is 20.3 Å². The fourth-order valence-electron chi connectivity index (χ4n) is 4.02. The van der Waals surface area contributed by atoms with Crippen molar-refractivity contribution in [2.45, 2.75) is 52.9 Å². The zero-order chi connectivity index (χ0) is 25.9. The molecule has 0 saturated heterocycles. The van der Waals surface area contributed by atoms with Crippen LogP contribution in [0.5, 0.6) is 0 Å². The molecule has 3 rings (SSSR count). The van der Waals surface area contributed by atoms with Crippen LogP contribution in [0.3, 0.4) is 0 Å². The van der Waals surface area contributed by atoms with E-state index in [1.807, 2.05) is 43.3 Å². The highest BCUT2D eigenvalue weighted by molar-refractivity contribution is 6.30. The molecular weight excluding hydrogens is 470 g/mol. The predicted octanol–water partition coefficient (Wildman–Crippen LogP) is 6.38. The normalized spacial score (nSPS) is 20.6. The van der Waals surface area contributed by atoms with Crippen molar-refractivity contribution in [2.75, 3.05) is 6.54 Å². The molecule has 3 atom stereocenters. The third-order valence-electron chi connectivity index (χ3n) is 6.76. The number of halogens is 3. The van der Waals surface area contributed by atoms with Gasteiger partial charge in [0.2, 0.25) is 6.43 Å². The molecule has 1 heterocycles. The molecule has 0 radical (unpaired) electrons. The van der Waals surface area contributed by atoms with Crippen LogP contribution < -0.4 is 11.0 Å². The molecule has 3 unspecified atom stereocenters. The summed E-state index contributed by atoms with van der Waals surface area (Å²) in [5, 5.41) is 3.61. The second-order valence-corrected chi connectivity index (χ2v) is 10.4. The second-order valence-electron chi connectivity index (χ2n) is 9.96. The van der Waals surface area contributed by atoms with Gasteiger partial charge in [0.15, 0.2) is 5.82 Å². The van der Waals surface area contributed by atoms with Crippen molar-refractivity contribution < 1.29 is 8.78 Å². The van der Waals surface area contributed by atoms with Crippen LogP contribution in [0.2, 0.25) is 0 Å². The lowest BCUT2D eigenvalue weighted by Gasteiger charge is -2.31. The van der Waals surface area contributed by atoms with E-state index in [1.165, 1.54) is 13.8 Å². The lowest BCUT2D eigenvalue weighted by atomic mass is 9.82. The number of nitrogens with one attached hydrogen (secondary N) is 2. The van der Waals surface area contributed by atoms with Crippen LogP contribution >= 0.6 is 11.6 Å². The molecule has 0 fully saturated rings. The summed E-state index contributed by atoms with van der Waals surface area (Å²) < 4.78 is 26.8. The predicted molar refractivity (Wildman–Crippen MR) is 138 cm³/mol. The third-order valence-corrected chi connectivity index (χ3v) is 7.12. The molecule has 0 bridgehead atoms. The molecule has 35 heavy (non-hydrogen) atoms. The molecule has 1 aliphatic carbocycles. The Morgan fingerprint density at radius 1 is 1.29 bits per heavy atom. The summed E-state index contributed by atoms with van der Waals surface area (Å²) in [6, 6.07) is 7.82. The van der Waals surface area contributed by atoms with E-state index in [9.17, 15) is 13.6 Å². The van der Waals surface area contributed by atoms with Crippen molar-refractivity contribution >= 4 is 11.6 Å². The zero-order valence-electron chi connectivity index (χ0n) is 20.8. The van der Waals surface area contributed by atoms with Crippen molar-refractivity contribution in [3.05, 3.63) is 81.7 Å². The smallest absolute Gasteiger partial charge is 0.348 e. The molecule has 1 aliphatic rings. The Hall–Kier alpha value is -2.80. The first kappa shape index (κ1) is 26.8. The first-order valence-electron chi connectivity index (χ1n) is 11.8. The van der Waals surface area contributed by atoms with Gasteiger partial charge >= 0.3 is 5.69 Å². The van der Waals surface area contributed by atoms with Gasteiger partial charge in [-0.3, -0.25) is 4.98 Å². The van der Waals surface area contributed by atoms with Gasteiger partial charge < -0.3 is 5.32 Å². The van der Waals surface area contributed by atoms with E-state index in [1.54, 1.807) is 6.08 Å². The fourth-order valence-corrected chi connectivity index (χ4v) is 4.39. The van der Waals surface area contributed by atoms with Gasteiger partial charge in [0.05, 0.1) is 11.3 Å². The number of aromatic nitrogens is 3. The van der Waals surface area contributed by atoms with Crippen LogP contribution in [0.15, 0.2) is 64.6 Å². The molecule has 5 nitrogen and oxygen atoms in total. The van der Waals surface area contributed by atoms with Gasteiger partial charge in [0.1, 0.15) is 5.82 Å². The molecule has 2 N–H and O–H groups in total. The summed E-state index contributed by atoms with van der Waals surface area (Å²) >= 11 is 6.67. The number of nitrogens with zero attached hydrogens (tertiary/aromatic N) is 2. The molecule has 2 aromatic rings. The van der Waals surface area contributed by atoms with E-state index >= 15 is 0 Å². The standard InChI is InChI=1S/C27H33ClF2N4O/c1-15(2)18-9-7-10-19(13-18)23-32-24(34-26(35)33-23)22-16(3)20(11-8-12-21(22)28)14-31-17(4)27(5,6)25(29)30/h7-13,15-16,20,22,25,31H,4,14H2,1-3,5-6H3,(H,32,33,34,35). The number of H-pyrrole nitrogens is 1. The van der Waals surface area contributed by atoms with Gasteiger partial charge in [0.25, 0.3) is 0 Å². The summed E-state index contributed by atoms with van der Waals surface area (Å²) in [6.07, 6.45) is 3.07. The van der Waals surface area contributed by atoms with Gasteiger partial charge in [-0.1, -0.05) is 69.3 Å². The fraction of sp³-hybridized carbons (Fsp3) is 0.444. The van der Waals surface area contributed by atoms with Gasteiger partial charge in [-0.15, -0.1) is 0 Å². The largest absolute Gasteiger partial charge is 0.388 e. The van der Waals surface area contributed by atoms with Crippen LogP contribution in [-0.4, -0.2) is 27.9 Å². The van der Waals surface area contributed by atoms with Crippen LogP contribution in [-0.2, 0) is 0 Å². The van der Waals surface area contributed by atoms with Gasteiger partial charge in [-0.2, -0.15) is 4.98 Å². The van der Waals surface area contributed by atoms with Gasteiger partial charge in [0, 0.05) is 22.8 Å². The summed E-state index contributed by atoms with van der Waals surface area (Å²) in [5.41, 5.74) is 0.290. The van der Waals surface area contributed by atoms with E-state index in [2.05, 4.69) is 35.7 Å². The average molecular weight is 503 g/mol. The summed E-state index contributed by atoms with van der Waals surface area (Å²) in [4.78, 5) is 24.1. The minimum absolute atomic E-state index is 0.0797. The highest BCUT2D eigenvalue weighted by Gasteiger charge is 2.35. The first-order valence-corrected chi connectivity index (χ1v) is 12.1. The number of rotatable bonds is 8. The lowest BCUT2D eigenvalue weighted by Crippen LogP contribution is -2.36. The van der Waals surface area contributed by atoms with E-state index in [-0.39, 0.29) is 17.5 Å². The average Bonchev–Trinajstić information content (AvgIpc) is 2.94. The Bertz CT molecular complexity index is 1190. The molecule has 8 heteroatoms. The maximum atomic E-state index is 13.4. The summed E-state index contributed by atoms with van der Waals surface area (Å²) in [5.74, 6) is 0.486. The molecule has 0 aliphatic heterocycles. The van der Waals surface area contributed by atoms with Crippen molar-refractivity contribution in [1.29, 1.82) is 0 Å². The van der Waals surface area contributed by atoms with Crippen molar-refractivity contribution in [2.24, 2.45) is 17.3 Å². The maximum absolute atomic E-state index is 13.4. The molecular formula is C27H33ClF2N4O. The second kappa shape index (κ2) is 10.9. The molecule has 188 valence electrons. The molecule has 0 amide bonds. The molecule has 1 aromatic heterocycles. The summed E-state index contributed by atoms with van der Waals surface area (Å²) in [6.45, 7) is 13.3. The Morgan fingerprint density at radius 2 is 2.00 bits per heavy atom. The highest BCUT2D eigenvalue weighted by Crippen LogP contribution is 2.39. The minimum Gasteiger partial charge on any atom is -0.388 e. The lowest BCUT2D eigenvalue weighted by molar-refractivity contribution is 0.0395. The van der Waals surface area contributed by atoms with Gasteiger partial charge in [-0.25, -0.2) is 18.6 Å². The van der Waals surface area contributed by atoms with Gasteiger partial charge in [-0.05, 0) is 49.3 Å². The maximum Gasteiger partial charge on any atom is 0.348 e.